The van der Waals surface area contributed by atoms with Gasteiger partial charge in [0, 0.05) is 0 Å². The van der Waals surface area contributed by atoms with Crippen molar-refractivity contribution in [1.29, 1.82) is 0 Å². The van der Waals surface area contributed by atoms with E-state index >= 15 is 0 Å². The van der Waals surface area contributed by atoms with Crippen LogP contribution in [-0.4, -0.2) is 12.5 Å². The second-order valence-corrected chi connectivity index (χ2v) is 4.88. The van der Waals surface area contributed by atoms with Crippen LogP contribution in [0.3, 0.4) is 0 Å². The number of nitrogens with two attached hydrogens (primary N) is 1. The van der Waals surface area contributed by atoms with Crippen LogP contribution >= 0.6 is 0 Å². The van der Waals surface area contributed by atoms with Crippen LogP contribution in [-0.2, 0) is 4.79 Å². The highest BCUT2D eigenvalue weighted by Gasteiger charge is 2.10. The van der Waals surface area contributed by atoms with Gasteiger partial charge in [-0.2, -0.15) is 0 Å². The molecule has 0 heterocycles. The smallest absolute Gasteiger partial charge is 0.234 e. The van der Waals surface area contributed by atoms with Gasteiger partial charge < -0.3 is 11.1 Å². The summed E-state index contributed by atoms with van der Waals surface area (Å²) in [6.07, 6.45) is 0.871. The van der Waals surface area contributed by atoms with Crippen LogP contribution in [0.2, 0.25) is 0 Å². The third-order valence-corrected chi connectivity index (χ3v) is 2.13. The molecule has 1 aromatic carbocycles. The van der Waals surface area contributed by atoms with Gasteiger partial charge in [0.15, 0.2) is 0 Å². The summed E-state index contributed by atoms with van der Waals surface area (Å²) < 4.78 is 0. The van der Waals surface area contributed by atoms with E-state index < -0.39 is 0 Å². The molecule has 18 heavy (non-hydrogen) atoms. The summed E-state index contributed by atoms with van der Waals surface area (Å²) in [4.78, 5) is 11.1. The molecule has 0 aliphatic rings. The first-order chi connectivity index (χ1) is 8.51. The Morgan fingerprint density at radius 3 is 2.11 bits per heavy atom. The predicted molar refractivity (Wildman–Crippen MR) is 77.2 cm³/mol. The highest BCUT2D eigenvalue weighted by atomic mass is 16.1. The molecule has 0 radical (unpaired) electrons. The van der Waals surface area contributed by atoms with Crippen molar-refractivity contribution in [3.05, 3.63) is 35.9 Å². The minimum Gasteiger partial charge on any atom is -0.348 e. The fourth-order valence-electron chi connectivity index (χ4n) is 1.36. The van der Waals surface area contributed by atoms with Gasteiger partial charge in [-0.3, -0.25) is 4.79 Å². The number of hydrogen-bond donors (Lipinski definition) is 2. The van der Waals surface area contributed by atoms with Crippen LogP contribution in [0.25, 0.3) is 0 Å². The molecule has 0 aliphatic heterocycles. The lowest BCUT2D eigenvalue weighted by Crippen LogP contribution is -2.33. The lowest BCUT2D eigenvalue weighted by Gasteiger charge is -2.16. The van der Waals surface area contributed by atoms with E-state index in [2.05, 4.69) is 26.1 Å². The van der Waals surface area contributed by atoms with E-state index in [-0.39, 0.29) is 18.5 Å². The Hall–Kier alpha value is -1.35. The van der Waals surface area contributed by atoms with Crippen LogP contribution < -0.4 is 11.1 Å². The second kappa shape index (κ2) is 9.66. The second-order valence-electron chi connectivity index (χ2n) is 4.88. The summed E-state index contributed by atoms with van der Waals surface area (Å²) in [6.45, 7) is 8.58. The lowest BCUT2D eigenvalue weighted by atomic mass is 10.0. The number of rotatable bonds is 4. The van der Waals surface area contributed by atoms with Crippen LogP contribution in [0.5, 0.6) is 0 Å². The van der Waals surface area contributed by atoms with Crippen molar-refractivity contribution in [3.8, 4) is 0 Å². The van der Waals surface area contributed by atoms with Gasteiger partial charge in [-0.1, -0.05) is 58.0 Å². The lowest BCUT2D eigenvalue weighted by molar-refractivity contribution is -0.120. The zero-order valence-corrected chi connectivity index (χ0v) is 11.9. The number of nitrogens with one attached hydrogen (secondary N) is 1. The molecule has 0 spiro atoms. The van der Waals surface area contributed by atoms with Gasteiger partial charge in [-0.15, -0.1) is 0 Å². The third-order valence-electron chi connectivity index (χ3n) is 2.13. The molecule has 0 saturated heterocycles. The van der Waals surface area contributed by atoms with E-state index in [0.717, 1.165) is 17.9 Å². The highest BCUT2D eigenvalue weighted by molar-refractivity contribution is 5.78. The standard InChI is InChI=1S/C11H16N2O.C4H10/c1-2-10(13-11(14)8-12)9-6-4-3-5-7-9;1-4(2)3/h3-7,10H,2,8,12H2,1H3,(H,13,14);4H,1-3H3. The third kappa shape index (κ3) is 7.85. The summed E-state index contributed by atoms with van der Waals surface area (Å²) in [6, 6.07) is 9.98. The molecule has 1 rings (SSSR count). The Balaban J connectivity index is 0.000000631. The zero-order chi connectivity index (χ0) is 14.0. The molecule has 1 atom stereocenters. The molecule has 1 amide bonds. The highest BCUT2D eigenvalue weighted by Crippen LogP contribution is 2.15. The van der Waals surface area contributed by atoms with E-state index in [0.29, 0.717) is 0 Å². The van der Waals surface area contributed by atoms with Gasteiger partial charge in [-0.25, -0.2) is 0 Å². The average Bonchev–Trinajstić information content (AvgIpc) is 2.36. The van der Waals surface area contributed by atoms with Crippen molar-refractivity contribution in [2.45, 2.75) is 40.2 Å². The fraction of sp³-hybridized carbons (Fsp3) is 0.533. The van der Waals surface area contributed by atoms with E-state index in [9.17, 15) is 4.79 Å². The molecule has 0 bridgehead atoms. The molecule has 1 unspecified atom stereocenters. The largest absolute Gasteiger partial charge is 0.348 e. The number of carbonyl (C=O) groups is 1. The molecular formula is C15H26N2O. The predicted octanol–water partition coefficient (Wildman–Crippen LogP) is 2.87. The molecule has 0 fully saturated rings. The molecule has 1 aromatic rings. The quantitative estimate of drug-likeness (QED) is 0.863. The maximum Gasteiger partial charge on any atom is 0.234 e. The Labute approximate surface area is 111 Å². The minimum atomic E-state index is -0.110. The van der Waals surface area contributed by atoms with E-state index in [1.807, 2.05) is 37.3 Å². The molecule has 0 aromatic heterocycles. The van der Waals surface area contributed by atoms with Crippen molar-refractivity contribution >= 4 is 5.91 Å². The van der Waals surface area contributed by atoms with E-state index in [1.54, 1.807) is 0 Å². The molecule has 0 saturated carbocycles. The van der Waals surface area contributed by atoms with Crippen LogP contribution in [0.4, 0.5) is 0 Å². The number of benzene rings is 1. The van der Waals surface area contributed by atoms with Gasteiger partial charge in [0.2, 0.25) is 5.91 Å². The van der Waals surface area contributed by atoms with Gasteiger partial charge in [0.25, 0.3) is 0 Å². The van der Waals surface area contributed by atoms with Gasteiger partial charge in [0.1, 0.15) is 0 Å². The van der Waals surface area contributed by atoms with E-state index in [4.69, 9.17) is 5.73 Å². The molecule has 3 nitrogen and oxygen atoms in total. The first-order valence-electron chi connectivity index (χ1n) is 6.55. The van der Waals surface area contributed by atoms with Gasteiger partial charge in [0.05, 0.1) is 12.6 Å². The van der Waals surface area contributed by atoms with Crippen LogP contribution in [0.15, 0.2) is 30.3 Å². The SMILES string of the molecule is CC(C)C.CCC(NC(=O)CN)c1ccccc1. The molecular weight excluding hydrogens is 224 g/mol. The van der Waals surface area contributed by atoms with Crippen molar-refractivity contribution in [2.24, 2.45) is 11.7 Å². The molecule has 102 valence electrons. The average molecular weight is 250 g/mol. The summed E-state index contributed by atoms with van der Waals surface area (Å²) in [5.74, 6) is 0.723. The summed E-state index contributed by atoms with van der Waals surface area (Å²) in [7, 11) is 0. The summed E-state index contributed by atoms with van der Waals surface area (Å²) >= 11 is 0. The Kier molecular flexibility index (Phi) is 8.93. The first-order valence-corrected chi connectivity index (χ1v) is 6.55. The monoisotopic (exact) mass is 250 g/mol. The molecule has 3 heteroatoms. The Morgan fingerprint density at radius 1 is 1.22 bits per heavy atom. The maximum atomic E-state index is 11.1. The summed E-state index contributed by atoms with van der Waals surface area (Å²) in [5.41, 5.74) is 6.36. The molecule has 3 N–H and O–H groups in total. The normalized spacial score (nSPS) is 11.4. The van der Waals surface area contributed by atoms with E-state index in [1.165, 1.54) is 0 Å². The molecule has 0 aliphatic carbocycles. The first kappa shape index (κ1) is 16.6. The van der Waals surface area contributed by atoms with Gasteiger partial charge in [-0.05, 0) is 17.9 Å². The maximum absolute atomic E-state index is 11.1. The van der Waals surface area contributed by atoms with Crippen LogP contribution in [0, 0.1) is 5.92 Å². The summed E-state index contributed by atoms with van der Waals surface area (Å²) in [5, 5.41) is 2.87. The van der Waals surface area contributed by atoms with Crippen molar-refractivity contribution in [1.82, 2.24) is 5.32 Å². The van der Waals surface area contributed by atoms with Crippen molar-refractivity contribution in [2.75, 3.05) is 6.54 Å². The Morgan fingerprint density at radius 2 is 1.72 bits per heavy atom. The zero-order valence-electron chi connectivity index (χ0n) is 11.9. The number of carbonyl (C=O) groups excluding carboxylic acids is 1. The van der Waals surface area contributed by atoms with Gasteiger partial charge >= 0.3 is 0 Å². The minimum absolute atomic E-state index is 0.0450. The number of hydrogen-bond acceptors (Lipinski definition) is 2. The fourth-order valence-corrected chi connectivity index (χ4v) is 1.36. The van der Waals surface area contributed by atoms with Crippen molar-refractivity contribution < 1.29 is 4.79 Å². The Bertz CT molecular complexity index is 320. The topological polar surface area (TPSA) is 55.1 Å². The van der Waals surface area contributed by atoms with Crippen LogP contribution in [0.1, 0.15) is 45.7 Å². The van der Waals surface area contributed by atoms with Crippen molar-refractivity contribution in [3.63, 3.8) is 0 Å². The number of amides is 1.